The van der Waals surface area contributed by atoms with E-state index in [1.807, 2.05) is 6.07 Å². The minimum atomic E-state index is -1.55. The number of benzene rings is 2. The van der Waals surface area contributed by atoms with Crippen molar-refractivity contribution in [3.05, 3.63) is 71.3 Å². The van der Waals surface area contributed by atoms with Crippen LogP contribution in [0.25, 0.3) is 0 Å². The molecule has 8 heteroatoms. The summed E-state index contributed by atoms with van der Waals surface area (Å²) in [6.45, 7) is 0. The molecular formula is C22H21F4N3O. The molecule has 2 aromatic carbocycles. The number of nitriles is 1. The van der Waals surface area contributed by atoms with Crippen LogP contribution in [0.4, 0.5) is 17.6 Å². The second-order valence-corrected chi connectivity index (χ2v) is 7.82. The summed E-state index contributed by atoms with van der Waals surface area (Å²) in [5.41, 5.74) is 2.99. The van der Waals surface area contributed by atoms with Crippen molar-refractivity contribution >= 4 is 5.84 Å². The molecule has 0 bridgehead atoms. The number of alkyl halides is 2. The molecular weight excluding hydrogens is 398 g/mol. The van der Waals surface area contributed by atoms with Crippen molar-refractivity contribution in [2.24, 2.45) is 22.7 Å². The number of hydrogen-bond acceptors (Lipinski definition) is 3. The summed E-state index contributed by atoms with van der Waals surface area (Å²) in [5, 5.41) is 19.8. The summed E-state index contributed by atoms with van der Waals surface area (Å²) in [7, 11) is 0. The Bertz CT molecular complexity index is 976. The Morgan fingerprint density at radius 2 is 1.43 bits per heavy atom. The van der Waals surface area contributed by atoms with Crippen molar-refractivity contribution in [2.45, 2.75) is 37.0 Å². The largest absolute Gasteiger partial charge is 0.409 e. The minimum absolute atomic E-state index is 0.0321. The molecule has 0 radical (unpaired) electrons. The predicted octanol–water partition coefficient (Wildman–Crippen LogP) is 5.07. The first kappa shape index (κ1) is 21.6. The van der Waals surface area contributed by atoms with E-state index in [2.05, 4.69) is 5.16 Å². The summed E-state index contributed by atoms with van der Waals surface area (Å²) in [6.07, 6.45) is 0.638. The van der Waals surface area contributed by atoms with Crippen LogP contribution in [0.3, 0.4) is 0 Å². The smallest absolute Gasteiger partial charge is 0.142 e. The highest BCUT2D eigenvalue weighted by Gasteiger charge is 2.48. The number of nitrogens with two attached hydrogens (primary N) is 1. The fourth-order valence-corrected chi connectivity index (χ4v) is 3.83. The van der Waals surface area contributed by atoms with Crippen LogP contribution >= 0.6 is 0 Å². The zero-order valence-electron chi connectivity index (χ0n) is 16.0. The van der Waals surface area contributed by atoms with E-state index >= 15 is 0 Å². The third kappa shape index (κ3) is 4.40. The van der Waals surface area contributed by atoms with Crippen molar-refractivity contribution < 1.29 is 22.8 Å². The van der Waals surface area contributed by atoms with E-state index < -0.39 is 23.0 Å². The van der Waals surface area contributed by atoms with Gasteiger partial charge in [0.15, 0.2) is 0 Å². The maximum absolute atomic E-state index is 14.2. The Labute approximate surface area is 171 Å². The molecule has 158 valence electrons. The number of oxime groups is 1. The average Bonchev–Trinajstić information content (AvgIpc) is 2.69. The predicted molar refractivity (Wildman–Crippen MR) is 103 cm³/mol. The Morgan fingerprint density at radius 1 is 0.967 bits per heavy atom. The molecule has 0 saturated heterocycles. The molecule has 3 N–H and O–H groups in total. The lowest BCUT2D eigenvalue weighted by molar-refractivity contribution is 0.0269. The van der Waals surface area contributed by atoms with Gasteiger partial charge in [0.25, 0.3) is 0 Å². The van der Waals surface area contributed by atoms with Crippen LogP contribution in [0.15, 0.2) is 53.7 Å². The second-order valence-electron chi connectivity index (χ2n) is 7.82. The van der Waals surface area contributed by atoms with Crippen molar-refractivity contribution in [2.75, 3.05) is 0 Å². The standard InChI is InChI=1S/C11H12F2N2O.C11H9F2N/c12-9-3-1-2-8(4-9)11(13)5-7(6-11)10(14)15-16;12-10-3-1-2-9(4-10)11(13)5-8(6-11)7-14/h1-4,7,16H,5-6H2,(H2,14,15);1-4,8H,5-6H2. The van der Waals surface area contributed by atoms with Gasteiger partial charge in [-0.25, -0.2) is 17.6 Å². The van der Waals surface area contributed by atoms with Crippen LogP contribution in [0.2, 0.25) is 0 Å². The van der Waals surface area contributed by atoms with Crippen LogP contribution in [0.5, 0.6) is 0 Å². The summed E-state index contributed by atoms with van der Waals surface area (Å²) in [6, 6.07) is 13.0. The summed E-state index contributed by atoms with van der Waals surface area (Å²) in [4.78, 5) is 0. The van der Waals surface area contributed by atoms with Gasteiger partial charge in [-0.3, -0.25) is 0 Å². The van der Waals surface area contributed by atoms with E-state index in [1.165, 1.54) is 36.4 Å². The summed E-state index contributed by atoms with van der Waals surface area (Å²) < 4.78 is 53.9. The highest BCUT2D eigenvalue weighted by Crippen LogP contribution is 2.49. The van der Waals surface area contributed by atoms with E-state index in [0.717, 1.165) is 0 Å². The van der Waals surface area contributed by atoms with Gasteiger partial charge in [0.2, 0.25) is 0 Å². The molecule has 2 aromatic rings. The SMILES string of the molecule is N#CC1CC(F)(c2cccc(F)c2)C1.N/C(=N/O)C1CC(F)(c2cccc(F)c2)C1. The quantitative estimate of drug-likeness (QED) is 0.240. The minimum Gasteiger partial charge on any atom is -0.409 e. The molecule has 4 nitrogen and oxygen atoms in total. The topological polar surface area (TPSA) is 82.4 Å². The molecule has 30 heavy (non-hydrogen) atoms. The van der Waals surface area contributed by atoms with Gasteiger partial charge in [-0.15, -0.1) is 0 Å². The zero-order chi connectivity index (χ0) is 21.9. The molecule has 4 rings (SSSR count). The Balaban J connectivity index is 0.000000172. The maximum Gasteiger partial charge on any atom is 0.142 e. The monoisotopic (exact) mass is 419 g/mol. The van der Waals surface area contributed by atoms with Crippen molar-refractivity contribution in [3.8, 4) is 6.07 Å². The molecule has 2 saturated carbocycles. The lowest BCUT2D eigenvalue weighted by Gasteiger charge is -2.40. The normalized spacial score (nSPS) is 30.2. The van der Waals surface area contributed by atoms with Crippen LogP contribution in [0, 0.1) is 34.8 Å². The molecule has 0 unspecified atom stereocenters. The Morgan fingerprint density at radius 3 is 1.83 bits per heavy atom. The van der Waals surface area contributed by atoms with E-state index in [0.29, 0.717) is 11.1 Å². The van der Waals surface area contributed by atoms with Crippen molar-refractivity contribution in [3.63, 3.8) is 0 Å². The fourth-order valence-electron chi connectivity index (χ4n) is 3.83. The van der Waals surface area contributed by atoms with Crippen LogP contribution in [-0.2, 0) is 11.3 Å². The van der Waals surface area contributed by atoms with Gasteiger partial charge in [0.05, 0.1) is 12.0 Å². The Hall–Kier alpha value is -3.08. The van der Waals surface area contributed by atoms with Crippen LogP contribution < -0.4 is 5.73 Å². The molecule has 0 aliphatic heterocycles. The number of amidine groups is 1. The number of hydrogen-bond donors (Lipinski definition) is 2. The molecule has 0 heterocycles. The lowest BCUT2D eigenvalue weighted by atomic mass is 9.68. The average molecular weight is 419 g/mol. The van der Waals surface area contributed by atoms with Crippen LogP contribution in [-0.4, -0.2) is 11.0 Å². The number of halogens is 4. The van der Waals surface area contributed by atoms with E-state index in [-0.39, 0.29) is 43.4 Å². The number of rotatable bonds is 3. The van der Waals surface area contributed by atoms with Gasteiger partial charge in [-0.2, -0.15) is 5.26 Å². The molecule has 2 aliphatic rings. The van der Waals surface area contributed by atoms with Gasteiger partial charge in [0.1, 0.15) is 28.8 Å². The molecule has 0 amide bonds. The van der Waals surface area contributed by atoms with Crippen molar-refractivity contribution in [1.29, 1.82) is 5.26 Å². The van der Waals surface area contributed by atoms with Crippen molar-refractivity contribution in [1.82, 2.24) is 0 Å². The van der Waals surface area contributed by atoms with E-state index in [9.17, 15) is 17.6 Å². The lowest BCUT2D eigenvalue weighted by Crippen LogP contribution is -2.44. The third-order valence-corrected chi connectivity index (χ3v) is 5.68. The molecule has 0 spiro atoms. The first-order valence-electron chi connectivity index (χ1n) is 9.46. The second kappa shape index (κ2) is 8.34. The van der Waals surface area contributed by atoms with Crippen LogP contribution in [0.1, 0.15) is 36.8 Å². The van der Waals surface area contributed by atoms with Gasteiger partial charge in [-0.05, 0) is 48.2 Å². The highest BCUT2D eigenvalue weighted by atomic mass is 19.2. The fraction of sp³-hybridized carbons (Fsp3) is 0.364. The van der Waals surface area contributed by atoms with Gasteiger partial charge >= 0.3 is 0 Å². The Kier molecular flexibility index (Phi) is 6.01. The molecule has 0 atom stereocenters. The summed E-state index contributed by atoms with van der Waals surface area (Å²) in [5.74, 6) is -1.34. The van der Waals surface area contributed by atoms with E-state index in [4.69, 9.17) is 16.2 Å². The molecule has 2 aliphatic carbocycles. The highest BCUT2D eigenvalue weighted by molar-refractivity contribution is 5.83. The molecule has 2 fully saturated rings. The van der Waals surface area contributed by atoms with E-state index in [1.54, 1.807) is 12.1 Å². The maximum atomic E-state index is 14.2. The first-order valence-corrected chi connectivity index (χ1v) is 9.46. The zero-order valence-corrected chi connectivity index (χ0v) is 16.0. The van der Waals surface area contributed by atoms with Gasteiger partial charge < -0.3 is 10.9 Å². The number of nitrogens with zero attached hydrogens (tertiary/aromatic N) is 2. The summed E-state index contributed by atoms with van der Waals surface area (Å²) >= 11 is 0. The first-order chi connectivity index (χ1) is 14.2. The third-order valence-electron chi connectivity index (χ3n) is 5.68. The van der Waals surface area contributed by atoms with Gasteiger partial charge in [-0.1, -0.05) is 29.4 Å². The van der Waals surface area contributed by atoms with Gasteiger partial charge in [0, 0.05) is 18.8 Å². The molecule has 0 aromatic heterocycles.